The molecule has 1 saturated heterocycles. The van der Waals surface area contributed by atoms with E-state index < -0.39 is 10.0 Å². The summed E-state index contributed by atoms with van der Waals surface area (Å²) in [5.41, 5.74) is 9.08. The molecule has 31 heavy (non-hydrogen) atoms. The lowest BCUT2D eigenvalue weighted by molar-refractivity contribution is 0.383. The number of nitrogen functional groups attached to an aromatic ring is 1. The summed E-state index contributed by atoms with van der Waals surface area (Å²) in [7, 11) is -1.65. The number of methoxy groups -OCH3 is 1. The van der Waals surface area contributed by atoms with E-state index in [0.717, 1.165) is 22.5 Å². The van der Waals surface area contributed by atoms with Crippen LogP contribution in [0, 0.1) is 0 Å². The molecule has 1 aliphatic heterocycles. The molecule has 0 saturated carbocycles. The zero-order chi connectivity index (χ0) is 22.0. The quantitative estimate of drug-likeness (QED) is 0.587. The highest BCUT2D eigenvalue weighted by Gasteiger charge is 2.27. The van der Waals surface area contributed by atoms with Gasteiger partial charge in [0.25, 0.3) is 0 Å². The van der Waals surface area contributed by atoms with E-state index in [0.29, 0.717) is 43.7 Å². The van der Waals surface area contributed by atoms with Gasteiger partial charge < -0.3 is 20.4 Å². The van der Waals surface area contributed by atoms with Crippen molar-refractivity contribution in [3.63, 3.8) is 0 Å². The number of hydrogen-bond acceptors (Lipinski definition) is 8. The third-order valence-corrected chi connectivity index (χ3v) is 7.21. The Morgan fingerprint density at radius 2 is 1.87 bits per heavy atom. The molecule has 164 valence electrons. The van der Waals surface area contributed by atoms with Gasteiger partial charge in [-0.2, -0.15) is 4.31 Å². The molecule has 4 heterocycles. The summed E-state index contributed by atoms with van der Waals surface area (Å²) >= 11 is 0. The Bertz CT molecular complexity index is 1160. The monoisotopic (exact) mass is 443 g/mol. The number of hydrogen-bond donors (Lipinski definition) is 2. The van der Waals surface area contributed by atoms with Gasteiger partial charge in [0, 0.05) is 55.9 Å². The van der Waals surface area contributed by atoms with Gasteiger partial charge in [-0.1, -0.05) is 0 Å². The highest BCUT2D eigenvalue weighted by atomic mass is 32.2. The minimum atomic E-state index is -3.19. The van der Waals surface area contributed by atoms with Gasteiger partial charge >= 0.3 is 0 Å². The highest BCUT2D eigenvalue weighted by molar-refractivity contribution is 7.89. The molecule has 0 aromatic carbocycles. The molecule has 1 fully saturated rings. The molecule has 0 bridgehead atoms. The van der Waals surface area contributed by atoms with Crippen LogP contribution in [0.1, 0.15) is 6.92 Å². The molecule has 0 radical (unpaired) electrons. The molecule has 0 amide bonds. The summed E-state index contributed by atoms with van der Waals surface area (Å²) in [6, 6.07) is 5.59. The number of ether oxygens (including phenoxy) is 1. The van der Waals surface area contributed by atoms with Crippen molar-refractivity contribution in [3.8, 4) is 28.3 Å². The third-order valence-electron chi connectivity index (χ3n) is 5.33. The largest absolute Gasteiger partial charge is 0.493 e. The maximum atomic E-state index is 12.2. The van der Waals surface area contributed by atoms with E-state index >= 15 is 0 Å². The first-order chi connectivity index (χ1) is 14.9. The summed E-state index contributed by atoms with van der Waals surface area (Å²) in [4.78, 5) is 18.6. The molecule has 0 spiro atoms. The zero-order valence-corrected chi connectivity index (χ0v) is 18.3. The van der Waals surface area contributed by atoms with Crippen LogP contribution in [-0.4, -0.2) is 71.7 Å². The molecule has 0 aliphatic carbocycles. The molecule has 10 nitrogen and oxygen atoms in total. The van der Waals surface area contributed by atoms with Gasteiger partial charge in [-0.25, -0.2) is 18.4 Å². The minimum Gasteiger partial charge on any atom is -0.493 e. The van der Waals surface area contributed by atoms with Crippen molar-refractivity contribution in [1.29, 1.82) is 0 Å². The van der Waals surface area contributed by atoms with E-state index in [2.05, 4.69) is 19.9 Å². The van der Waals surface area contributed by atoms with E-state index in [-0.39, 0.29) is 5.75 Å². The molecule has 3 aromatic rings. The number of anilines is 2. The number of rotatable bonds is 6. The van der Waals surface area contributed by atoms with E-state index in [1.165, 1.54) is 4.31 Å². The maximum absolute atomic E-state index is 12.2. The van der Waals surface area contributed by atoms with Crippen LogP contribution in [-0.2, 0) is 10.0 Å². The van der Waals surface area contributed by atoms with Crippen molar-refractivity contribution >= 4 is 21.8 Å². The molecule has 3 aromatic heterocycles. The van der Waals surface area contributed by atoms with Gasteiger partial charge in [-0.3, -0.25) is 4.98 Å². The topological polar surface area (TPSA) is 130 Å². The van der Waals surface area contributed by atoms with Crippen LogP contribution in [0.3, 0.4) is 0 Å². The number of aromatic amines is 1. The summed E-state index contributed by atoms with van der Waals surface area (Å²) in [5, 5.41) is 0. The Kier molecular flexibility index (Phi) is 5.79. The van der Waals surface area contributed by atoms with Crippen molar-refractivity contribution in [3.05, 3.63) is 36.8 Å². The Morgan fingerprint density at radius 1 is 1.16 bits per heavy atom. The molecule has 11 heteroatoms. The van der Waals surface area contributed by atoms with Gasteiger partial charge in [-0.15, -0.1) is 0 Å². The van der Waals surface area contributed by atoms with E-state index in [1.54, 1.807) is 32.6 Å². The summed E-state index contributed by atoms with van der Waals surface area (Å²) in [6.07, 6.45) is 5.10. The van der Waals surface area contributed by atoms with Crippen molar-refractivity contribution in [1.82, 2.24) is 24.2 Å². The first-order valence-corrected chi connectivity index (χ1v) is 11.6. The molecule has 4 rings (SSSR count). The number of nitrogens with two attached hydrogens (primary N) is 1. The van der Waals surface area contributed by atoms with E-state index in [9.17, 15) is 8.42 Å². The van der Waals surface area contributed by atoms with Gasteiger partial charge in [0.15, 0.2) is 11.6 Å². The van der Waals surface area contributed by atoms with Gasteiger partial charge in [0.2, 0.25) is 16.0 Å². The number of aromatic nitrogens is 4. The number of H-pyrrole nitrogens is 1. The van der Waals surface area contributed by atoms with Crippen LogP contribution in [0.4, 0.5) is 11.8 Å². The van der Waals surface area contributed by atoms with E-state index in [4.69, 9.17) is 15.5 Å². The van der Waals surface area contributed by atoms with Crippen LogP contribution in [0.5, 0.6) is 5.75 Å². The SMILES string of the molecule is CCS(=O)(=O)N1CCN(c2nc(-c3ccncc3)c(-c3cnc(N)c(OC)c3)[nH]2)CC1. The van der Waals surface area contributed by atoms with Crippen LogP contribution in [0.15, 0.2) is 36.8 Å². The van der Waals surface area contributed by atoms with Crippen molar-refractivity contribution in [2.75, 3.05) is 49.7 Å². The van der Waals surface area contributed by atoms with Crippen LogP contribution in [0.25, 0.3) is 22.5 Å². The van der Waals surface area contributed by atoms with Crippen molar-refractivity contribution in [2.24, 2.45) is 0 Å². The fraction of sp³-hybridized carbons (Fsp3) is 0.350. The minimum absolute atomic E-state index is 0.107. The number of nitrogens with zero attached hydrogens (tertiary/aromatic N) is 5. The lowest BCUT2D eigenvalue weighted by Crippen LogP contribution is -2.49. The standard InChI is InChI=1S/C20H25N7O3S/c1-3-31(28,29)27-10-8-26(9-11-27)20-24-17(14-4-6-22-7-5-14)18(25-20)15-12-16(30-2)19(21)23-13-15/h4-7,12-13H,3,8-11H2,1-2H3,(H2,21,23)(H,24,25). The average Bonchev–Trinajstić information content (AvgIpc) is 3.25. The second kappa shape index (κ2) is 8.52. The van der Waals surface area contributed by atoms with Crippen molar-refractivity contribution < 1.29 is 13.2 Å². The molecule has 3 N–H and O–H groups in total. The number of piperazine rings is 1. The molecule has 0 atom stereocenters. The van der Waals surface area contributed by atoms with Gasteiger partial charge in [-0.05, 0) is 25.1 Å². The predicted molar refractivity (Wildman–Crippen MR) is 119 cm³/mol. The average molecular weight is 444 g/mol. The summed E-state index contributed by atoms with van der Waals surface area (Å²) < 4.78 is 31.2. The van der Waals surface area contributed by atoms with Crippen LogP contribution < -0.4 is 15.4 Å². The number of pyridine rings is 2. The van der Waals surface area contributed by atoms with E-state index in [1.807, 2.05) is 18.2 Å². The predicted octanol–water partition coefficient (Wildman–Crippen LogP) is 1.60. The first-order valence-electron chi connectivity index (χ1n) is 9.96. The van der Waals surface area contributed by atoms with Crippen LogP contribution in [0.2, 0.25) is 0 Å². The van der Waals surface area contributed by atoms with Gasteiger partial charge in [0.1, 0.15) is 0 Å². The lowest BCUT2D eigenvalue weighted by atomic mass is 10.1. The first kappa shape index (κ1) is 21.1. The maximum Gasteiger partial charge on any atom is 0.213 e. The lowest BCUT2D eigenvalue weighted by Gasteiger charge is -2.33. The Balaban J connectivity index is 1.70. The second-order valence-electron chi connectivity index (χ2n) is 7.12. The number of sulfonamides is 1. The van der Waals surface area contributed by atoms with Crippen LogP contribution >= 0.6 is 0 Å². The highest BCUT2D eigenvalue weighted by Crippen LogP contribution is 2.34. The number of imidazole rings is 1. The Labute approximate surface area is 181 Å². The Morgan fingerprint density at radius 3 is 2.52 bits per heavy atom. The molecular weight excluding hydrogens is 418 g/mol. The molecular formula is C20H25N7O3S. The third kappa shape index (κ3) is 4.19. The normalized spacial score (nSPS) is 15.2. The Hall–Kier alpha value is -3.18. The second-order valence-corrected chi connectivity index (χ2v) is 9.38. The summed E-state index contributed by atoms with van der Waals surface area (Å²) in [6.45, 7) is 3.61. The fourth-order valence-corrected chi connectivity index (χ4v) is 4.64. The smallest absolute Gasteiger partial charge is 0.213 e. The molecule has 0 unspecified atom stereocenters. The fourth-order valence-electron chi connectivity index (χ4n) is 3.55. The van der Waals surface area contributed by atoms with Gasteiger partial charge in [0.05, 0.1) is 24.3 Å². The zero-order valence-electron chi connectivity index (χ0n) is 17.4. The van der Waals surface area contributed by atoms with Crippen molar-refractivity contribution in [2.45, 2.75) is 6.92 Å². The summed E-state index contributed by atoms with van der Waals surface area (Å²) in [5.74, 6) is 1.57. The number of nitrogens with one attached hydrogen (secondary N) is 1. The molecule has 1 aliphatic rings.